The van der Waals surface area contributed by atoms with Crippen molar-refractivity contribution in [3.05, 3.63) is 12.2 Å². The van der Waals surface area contributed by atoms with E-state index in [1.807, 2.05) is 0 Å². The van der Waals surface area contributed by atoms with E-state index in [-0.39, 0.29) is 18.6 Å². The fourth-order valence-corrected chi connectivity index (χ4v) is 3.53. The molecule has 0 spiro atoms. The van der Waals surface area contributed by atoms with Gasteiger partial charge in [0.05, 0.1) is 19.3 Å². The molecule has 2 atom stereocenters. The largest absolute Gasteiger partial charge is 0.394 e. The molecule has 0 aromatic rings. The Morgan fingerprint density at radius 1 is 1.04 bits per heavy atom. The van der Waals surface area contributed by atoms with E-state index in [0.717, 1.165) is 32.1 Å². The van der Waals surface area contributed by atoms with E-state index in [9.17, 15) is 9.90 Å². The first kappa shape index (κ1) is 27.4. The van der Waals surface area contributed by atoms with Gasteiger partial charge >= 0.3 is 0 Å². The summed E-state index contributed by atoms with van der Waals surface area (Å²) >= 11 is 6.42. The van der Waals surface area contributed by atoms with Crippen LogP contribution in [-0.4, -0.2) is 54.7 Å². The van der Waals surface area contributed by atoms with Crippen molar-refractivity contribution in [1.29, 1.82) is 0 Å². The Morgan fingerprint density at radius 3 is 2.29 bits per heavy atom. The van der Waals surface area contributed by atoms with Gasteiger partial charge in [-0.05, 0) is 32.1 Å². The first-order valence-electron chi connectivity index (χ1n) is 11.2. The topological polar surface area (TPSA) is 49.8 Å². The average molecular weight is 418 g/mol. The van der Waals surface area contributed by atoms with Crippen LogP contribution in [0.15, 0.2) is 12.2 Å². The van der Waals surface area contributed by atoms with E-state index in [2.05, 4.69) is 19.1 Å². The van der Waals surface area contributed by atoms with E-state index >= 15 is 0 Å². The Labute approximate surface area is 178 Å². The number of unbranched alkanes of at least 4 members (excludes halogenated alkanes) is 7. The molecule has 0 aliphatic rings. The Balaban J connectivity index is 3.63. The van der Waals surface area contributed by atoms with Crippen molar-refractivity contribution in [2.75, 3.05) is 27.4 Å². The van der Waals surface area contributed by atoms with E-state index in [4.69, 9.17) is 16.3 Å². The number of amides is 1. The number of ether oxygens (including phenoxy) is 1. The molecule has 1 amide bonds. The van der Waals surface area contributed by atoms with Crippen LogP contribution in [0.25, 0.3) is 0 Å². The lowest BCUT2D eigenvalue weighted by Gasteiger charge is -2.25. The van der Waals surface area contributed by atoms with Crippen molar-refractivity contribution in [3.63, 3.8) is 0 Å². The molecule has 0 fully saturated rings. The summed E-state index contributed by atoms with van der Waals surface area (Å²) in [6, 6.07) is -0.263. The predicted molar refractivity (Wildman–Crippen MR) is 120 cm³/mol. The number of hydrogen-bond donors (Lipinski definition) is 1. The first-order chi connectivity index (χ1) is 13.6. The Bertz CT molecular complexity index is 390. The van der Waals surface area contributed by atoms with Crippen molar-refractivity contribution < 1.29 is 14.6 Å². The molecule has 0 radical (unpaired) electrons. The van der Waals surface area contributed by atoms with Gasteiger partial charge in [-0.25, -0.2) is 0 Å². The summed E-state index contributed by atoms with van der Waals surface area (Å²) in [5.74, 6) is 0.0421. The smallest absolute Gasteiger partial charge is 0.223 e. The third-order valence-corrected chi connectivity index (χ3v) is 5.65. The maximum absolute atomic E-state index is 12.1. The van der Waals surface area contributed by atoms with Gasteiger partial charge in [0.1, 0.15) is 0 Å². The van der Waals surface area contributed by atoms with Crippen LogP contribution in [0.3, 0.4) is 0 Å². The average Bonchev–Trinajstić information content (AvgIpc) is 2.69. The SMILES string of the molecule is CCCCCCCCC(Cl)CCCC/C=C/CCC(=O)N(C)[C@H](CO)COC. The zero-order valence-electron chi connectivity index (χ0n) is 18.5. The van der Waals surface area contributed by atoms with Crippen LogP contribution in [0.1, 0.15) is 90.4 Å². The lowest BCUT2D eigenvalue weighted by atomic mass is 10.0. The zero-order chi connectivity index (χ0) is 21.0. The molecule has 1 unspecified atom stereocenters. The molecule has 1 N–H and O–H groups in total. The molecule has 0 aliphatic heterocycles. The van der Waals surface area contributed by atoms with Gasteiger partial charge in [0.25, 0.3) is 0 Å². The summed E-state index contributed by atoms with van der Waals surface area (Å²) in [6.07, 6.45) is 19.1. The number of likely N-dealkylation sites (N-methyl/N-ethyl adjacent to an activating group) is 1. The normalized spacial score (nSPS) is 13.8. The second-order valence-corrected chi connectivity index (χ2v) is 8.36. The minimum absolute atomic E-state index is 0.0421. The van der Waals surface area contributed by atoms with Crippen LogP contribution in [0, 0.1) is 0 Å². The molecule has 5 heteroatoms. The fraction of sp³-hybridized carbons (Fsp3) is 0.870. The second kappa shape index (κ2) is 19.7. The summed E-state index contributed by atoms with van der Waals surface area (Å²) < 4.78 is 5.03. The molecule has 0 aromatic carbocycles. The van der Waals surface area contributed by atoms with Gasteiger partial charge in [0.2, 0.25) is 5.91 Å². The predicted octanol–water partition coefficient (Wildman–Crippen LogP) is 5.71. The maximum Gasteiger partial charge on any atom is 0.223 e. The quantitative estimate of drug-likeness (QED) is 0.166. The lowest BCUT2D eigenvalue weighted by molar-refractivity contribution is -0.133. The molecule has 0 saturated heterocycles. The number of rotatable bonds is 19. The van der Waals surface area contributed by atoms with Crippen molar-refractivity contribution in [2.24, 2.45) is 0 Å². The highest BCUT2D eigenvalue weighted by Crippen LogP contribution is 2.17. The third-order valence-electron chi connectivity index (χ3n) is 5.21. The number of nitrogens with zero attached hydrogens (tertiary/aromatic N) is 1. The van der Waals surface area contributed by atoms with Crippen molar-refractivity contribution in [2.45, 2.75) is 102 Å². The Kier molecular flexibility index (Phi) is 19.3. The summed E-state index contributed by atoms with van der Waals surface area (Å²) in [4.78, 5) is 13.7. The van der Waals surface area contributed by atoms with Gasteiger partial charge in [-0.3, -0.25) is 4.79 Å². The molecule has 0 bridgehead atoms. The molecule has 0 aromatic heterocycles. The van der Waals surface area contributed by atoms with E-state index in [1.54, 1.807) is 19.1 Å². The second-order valence-electron chi connectivity index (χ2n) is 7.74. The van der Waals surface area contributed by atoms with Crippen molar-refractivity contribution in [1.82, 2.24) is 4.90 Å². The highest BCUT2D eigenvalue weighted by molar-refractivity contribution is 6.20. The molecule has 4 nitrogen and oxygen atoms in total. The van der Waals surface area contributed by atoms with Crippen LogP contribution in [0.2, 0.25) is 0 Å². The van der Waals surface area contributed by atoms with Crippen molar-refractivity contribution >= 4 is 17.5 Å². The van der Waals surface area contributed by atoms with Crippen LogP contribution in [0.5, 0.6) is 0 Å². The van der Waals surface area contributed by atoms with E-state index in [1.165, 1.54) is 44.9 Å². The summed E-state index contributed by atoms with van der Waals surface area (Å²) in [6.45, 7) is 2.53. The number of methoxy groups -OCH3 is 1. The fourth-order valence-electron chi connectivity index (χ4n) is 3.22. The Morgan fingerprint density at radius 2 is 1.64 bits per heavy atom. The molecule has 0 aliphatic carbocycles. The summed E-state index contributed by atoms with van der Waals surface area (Å²) in [5.41, 5.74) is 0. The number of alkyl halides is 1. The Hall–Kier alpha value is -0.580. The van der Waals surface area contributed by atoms with Crippen molar-refractivity contribution in [3.8, 4) is 0 Å². The van der Waals surface area contributed by atoms with Gasteiger partial charge < -0.3 is 14.7 Å². The minimum atomic E-state index is -0.263. The standard InChI is InChI=1S/C23H44ClNO3/c1-4-5-6-7-10-13-16-21(24)17-14-11-8-9-12-15-18-23(27)25(2)22(19-26)20-28-3/h9,12,21-22,26H,4-8,10-11,13-20H2,1-3H3/b12-9+/t21?,22-/m1/s1. The number of allylic oxidation sites excluding steroid dienone is 2. The van der Waals surface area contributed by atoms with Gasteiger partial charge in [-0.15, -0.1) is 11.6 Å². The minimum Gasteiger partial charge on any atom is -0.394 e. The van der Waals surface area contributed by atoms with Crippen LogP contribution in [0.4, 0.5) is 0 Å². The first-order valence-corrected chi connectivity index (χ1v) is 11.6. The van der Waals surface area contributed by atoms with Gasteiger partial charge in [0, 0.05) is 26.0 Å². The van der Waals surface area contributed by atoms with Gasteiger partial charge in [-0.1, -0.05) is 64.0 Å². The van der Waals surface area contributed by atoms with Gasteiger partial charge in [-0.2, -0.15) is 0 Å². The number of hydrogen-bond acceptors (Lipinski definition) is 3. The molecular weight excluding hydrogens is 374 g/mol. The maximum atomic E-state index is 12.1. The summed E-state index contributed by atoms with van der Waals surface area (Å²) in [7, 11) is 3.30. The highest BCUT2D eigenvalue weighted by Gasteiger charge is 2.18. The molecule has 0 saturated carbocycles. The molecular formula is C23H44ClNO3. The van der Waals surface area contributed by atoms with E-state index in [0.29, 0.717) is 18.4 Å². The zero-order valence-corrected chi connectivity index (χ0v) is 19.3. The van der Waals surface area contributed by atoms with Gasteiger partial charge in [0.15, 0.2) is 0 Å². The van der Waals surface area contributed by atoms with Crippen LogP contribution >= 0.6 is 11.6 Å². The van der Waals surface area contributed by atoms with Crippen LogP contribution in [-0.2, 0) is 9.53 Å². The lowest BCUT2D eigenvalue weighted by Crippen LogP contribution is -2.42. The van der Waals surface area contributed by atoms with Crippen LogP contribution < -0.4 is 0 Å². The number of aliphatic hydroxyl groups is 1. The number of halogens is 1. The third kappa shape index (κ3) is 15.4. The number of carbonyl (C=O) groups is 1. The monoisotopic (exact) mass is 417 g/mol. The molecule has 0 rings (SSSR count). The highest BCUT2D eigenvalue weighted by atomic mass is 35.5. The summed E-state index contributed by atoms with van der Waals surface area (Å²) in [5, 5.41) is 9.63. The molecule has 28 heavy (non-hydrogen) atoms. The molecule has 0 heterocycles. The van der Waals surface area contributed by atoms with E-state index < -0.39 is 0 Å². The number of carbonyl (C=O) groups excluding carboxylic acids is 1. The number of aliphatic hydroxyl groups excluding tert-OH is 1. The molecule has 166 valence electrons.